The molecular weight excluding hydrogens is 1880 g/mol. The summed E-state index contributed by atoms with van der Waals surface area (Å²) in [6.07, 6.45) is 22.2. The Kier molecular flexibility index (Phi) is 61.2. The molecular formula is C114H172F3N29O3. The zero-order valence-electron chi connectivity index (χ0n) is 95.8. The lowest BCUT2D eigenvalue weighted by Crippen LogP contribution is -2.25. The number of amides is 3. The van der Waals surface area contributed by atoms with Crippen molar-refractivity contribution < 1.29 is 27.5 Å². The largest absolute Gasteiger partial charge is 0.481 e. The first kappa shape index (κ1) is 132. The number of nitrogens with two attached hydrogens (primary N) is 5. The number of carbonyl (C=O) groups is 2. The maximum absolute atomic E-state index is 12.4. The zero-order chi connectivity index (χ0) is 113. The van der Waals surface area contributed by atoms with E-state index in [1.807, 2.05) is 155 Å². The molecule has 15 N–H and O–H groups in total. The van der Waals surface area contributed by atoms with Gasteiger partial charge in [0.2, 0.25) is 41.5 Å². The van der Waals surface area contributed by atoms with Crippen molar-refractivity contribution >= 4 is 65.0 Å². The molecule has 13 aromatic heterocycles. The zero-order valence-corrected chi connectivity index (χ0v) is 95.8. The third-order valence-electron chi connectivity index (χ3n) is 22.0. The molecule has 0 radical (unpaired) electrons. The van der Waals surface area contributed by atoms with Crippen molar-refractivity contribution in [3.8, 4) is 5.88 Å². The number of rotatable bonds is 18. The highest BCUT2D eigenvalue weighted by atomic mass is 19.4. The van der Waals surface area contributed by atoms with Gasteiger partial charge in [0, 0.05) is 161 Å². The van der Waals surface area contributed by atoms with Crippen LogP contribution < -0.4 is 60.0 Å². The molecule has 0 saturated carbocycles. The maximum atomic E-state index is 12.4. The molecule has 13 heterocycles. The molecule has 0 saturated heterocycles. The lowest BCUT2D eigenvalue weighted by molar-refractivity contribution is -0.142. The Balaban J connectivity index is 0.000000808. The number of methoxy groups -OCH3 is 1. The Labute approximate surface area is 886 Å². The van der Waals surface area contributed by atoms with Gasteiger partial charge in [-0.25, -0.2) is 79.6 Å². The summed E-state index contributed by atoms with van der Waals surface area (Å²) in [5, 5.41) is 13.3. The molecule has 149 heavy (non-hydrogen) atoms. The van der Waals surface area contributed by atoms with Crippen molar-refractivity contribution in [2.45, 2.75) is 325 Å². The van der Waals surface area contributed by atoms with E-state index in [4.69, 9.17) is 33.4 Å². The first-order valence-corrected chi connectivity index (χ1v) is 50.3. The van der Waals surface area contributed by atoms with Gasteiger partial charge in [-0.3, -0.25) is 35.4 Å². The minimum absolute atomic E-state index is 0.0618. The number of aryl methyl sites for hydroxylation is 8. The molecule has 13 rings (SSSR count). The summed E-state index contributed by atoms with van der Waals surface area (Å²) in [5.41, 5.74) is 49.4. The number of carbonyl (C=O) groups excluding carboxylic acids is 2. The molecule has 0 aliphatic carbocycles. The number of nitrogen functional groups attached to an aromatic ring is 5. The fraction of sp³-hybridized carbons (Fsp3) is 0.465. The van der Waals surface area contributed by atoms with Crippen LogP contribution in [0.25, 0.3) is 0 Å². The summed E-state index contributed by atoms with van der Waals surface area (Å²) in [5.74, 6) is 10.5. The van der Waals surface area contributed by atoms with Gasteiger partial charge in [0.25, 0.3) is 0 Å². The summed E-state index contributed by atoms with van der Waals surface area (Å²) < 4.78 is 42.3. The van der Waals surface area contributed by atoms with Gasteiger partial charge >= 0.3 is 12.2 Å². The molecule has 13 aromatic rings. The molecule has 3 amide bonds. The van der Waals surface area contributed by atoms with E-state index in [2.05, 4.69) is 325 Å². The van der Waals surface area contributed by atoms with Crippen LogP contribution in [-0.4, -0.2) is 135 Å². The van der Waals surface area contributed by atoms with Gasteiger partial charge < -0.3 is 49.4 Å². The van der Waals surface area contributed by atoms with Crippen LogP contribution in [0.2, 0.25) is 0 Å². The van der Waals surface area contributed by atoms with Crippen LogP contribution in [0.1, 0.15) is 387 Å². The van der Waals surface area contributed by atoms with Crippen molar-refractivity contribution in [2.75, 3.05) is 78.2 Å². The molecule has 0 aliphatic rings. The molecule has 35 heteroatoms. The summed E-state index contributed by atoms with van der Waals surface area (Å²) >= 11 is 0. The molecule has 32 nitrogen and oxygen atoms in total. The average Bonchev–Trinajstić information content (AvgIpc) is 0.810. The monoisotopic (exact) mass is 2050 g/mol. The Bertz CT molecular complexity index is 5560. The van der Waals surface area contributed by atoms with Crippen molar-refractivity contribution in [3.63, 3.8) is 0 Å². The van der Waals surface area contributed by atoms with E-state index in [1.165, 1.54) is 69.6 Å². The number of halogens is 3. The highest BCUT2D eigenvalue weighted by Crippen LogP contribution is 2.34. The maximum Gasteiger partial charge on any atom is 0.433 e. The number of urea groups is 1. The Morgan fingerprint density at radius 1 is 0.309 bits per heavy atom. The number of alkyl halides is 3. The van der Waals surface area contributed by atoms with Gasteiger partial charge in [-0.2, -0.15) is 13.2 Å². The minimum atomic E-state index is -4.48. The van der Waals surface area contributed by atoms with Crippen molar-refractivity contribution in [3.05, 3.63) is 289 Å². The molecule has 0 bridgehead atoms. The quantitative estimate of drug-likeness (QED) is 0.0381. The fourth-order valence-corrected chi connectivity index (χ4v) is 12.5. The Hall–Kier alpha value is -14.5. The third-order valence-corrected chi connectivity index (χ3v) is 22.0. The number of anilines is 9. The van der Waals surface area contributed by atoms with E-state index in [9.17, 15) is 22.8 Å². The number of hydrogen-bond donors (Lipinski definition) is 10. The Morgan fingerprint density at radius 2 is 0.685 bits per heavy atom. The second-order valence-corrected chi connectivity index (χ2v) is 39.1. The highest BCUT2D eigenvalue weighted by molar-refractivity contribution is 5.87. The average molecular weight is 2050 g/mol. The smallest absolute Gasteiger partial charge is 0.433 e. The number of nitrogens with one attached hydrogen (secondary N) is 5. The molecule has 0 unspecified atom stereocenters. The van der Waals surface area contributed by atoms with Crippen LogP contribution in [0.4, 0.5) is 71.0 Å². The van der Waals surface area contributed by atoms with E-state index < -0.39 is 11.9 Å². The number of aromatic nitrogens is 19. The van der Waals surface area contributed by atoms with Crippen LogP contribution in [-0.2, 0) is 11.0 Å². The van der Waals surface area contributed by atoms with E-state index in [-0.39, 0.29) is 29.4 Å². The number of ether oxygens (including phenoxy) is 1. The van der Waals surface area contributed by atoms with Gasteiger partial charge in [-0.05, 0) is 235 Å². The van der Waals surface area contributed by atoms with Gasteiger partial charge in [0.1, 0.15) is 23.3 Å². The molecule has 812 valence electrons. The normalized spacial score (nSPS) is 10.5. The summed E-state index contributed by atoms with van der Waals surface area (Å²) in [6.45, 7) is 71.9. The first-order chi connectivity index (χ1) is 69.7. The van der Waals surface area contributed by atoms with Crippen LogP contribution >= 0.6 is 0 Å². The molecule has 0 aliphatic heterocycles. The lowest BCUT2D eigenvalue weighted by Gasteiger charge is -2.13. The fourth-order valence-electron chi connectivity index (χ4n) is 12.5. The van der Waals surface area contributed by atoms with E-state index >= 15 is 0 Å². The molecule has 0 spiro atoms. The number of pyridine rings is 7. The van der Waals surface area contributed by atoms with E-state index in [1.54, 1.807) is 58.1 Å². The predicted octanol–water partition coefficient (Wildman–Crippen LogP) is 26.2. The van der Waals surface area contributed by atoms with Gasteiger partial charge in [0.05, 0.1) is 18.5 Å². The summed E-state index contributed by atoms with van der Waals surface area (Å²) in [4.78, 5) is 98.0. The van der Waals surface area contributed by atoms with Crippen molar-refractivity contribution in [2.24, 2.45) is 0 Å². The number of nitrogens with zero attached hydrogens (tertiary/aromatic N) is 19. The summed E-state index contributed by atoms with van der Waals surface area (Å²) in [6, 6.07) is 23.9. The van der Waals surface area contributed by atoms with E-state index in [0.717, 1.165) is 68.6 Å². The number of hydrogen-bond acceptors (Lipinski definition) is 29. The van der Waals surface area contributed by atoms with Crippen LogP contribution in [0, 0.1) is 55.4 Å². The van der Waals surface area contributed by atoms with Crippen LogP contribution in [0.15, 0.2) is 166 Å². The molecule has 0 atom stereocenters. The van der Waals surface area contributed by atoms with Crippen LogP contribution in [0.5, 0.6) is 5.88 Å². The van der Waals surface area contributed by atoms with Crippen molar-refractivity contribution in [1.29, 1.82) is 0 Å². The van der Waals surface area contributed by atoms with E-state index in [0.29, 0.717) is 118 Å². The van der Waals surface area contributed by atoms with Gasteiger partial charge in [-0.15, -0.1) is 0 Å². The molecule has 0 aromatic carbocycles. The second-order valence-electron chi connectivity index (χ2n) is 39.1. The third kappa shape index (κ3) is 53.6. The predicted molar refractivity (Wildman–Crippen MR) is 608 cm³/mol. The second kappa shape index (κ2) is 68.8. The van der Waals surface area contributed by atoms with Gasteiger partial charge in [-0.1, -0.05) is 216 Å². The standard InChI is InChI=1S/C10H15N.C9H14N4O.C9H13N3O.4C9H14N2.C9H13NO.C9H13N.C8H10F3N3.2C8H13N3.C8H12N2/c1-7(2)10-6-11-9(4)5-8(10)3;1-6(2)7-4-11-8(12-5-7)13-9(14)10-3;1-6(2)8-4-10-9(11-5-8)12-7(3)13;1-6(2)8-4-7(3)9(10)11-5-8;1-7(2)8-4-5-9(10-3)11-6-8;2*1-6(2)8-4-5-9(10)11-7(8)3;1-7(2)8-4-5-9(11-3)10-6-8;1-7(2)9-5-4-8(3)10-6-9;1-4(2)5-3-13-7(12)14-6(5)8(9,10)11;1-6(2)7-4-10-8(9-3)11-5-7;1-5(2)7-4-10-8(9)11-6(7)3;1-6(2)8-5-9-7(3)4-10-8/h5-7H,1-4H3;4-6H,1-3H3,(H2,10,11,12,13,14);4-6H,1-3H3,(H,10,11,12,13);4-6H,1-3H3,(H2,10,11);4-7H,1-3H3,(H,10,11);2*4-6H,1-3H3,(H2,10,11);4-7H,1-3H3;4-7H,1-3H3;3-4H,1-2H3,(H2,12,13,14);4-6H,1-3H3,(H,9,10,11);4-5H,1-3H3,(H2,9,10,11);4-6H,1-3H3. The highest BCUT2D eigenvalue weighted by Gasteiger charge is 2.36. The Morgan fingerprint density at radius 3 is 1.01 bits per heavy atom. The topological polar surface area (TPSA) is 479 Å². The van der Waals surface area contributed by atoms with Crippen LogP contribution in [0.3, 0.4) is 0 Å². The lowest BCUT2D eigenvalue weighted by atomic mass is 10.0. The SMILES string of the molecule is CC(=O)Nc1ncc(C(C)C)cn1.CC(C)c1cnc(N)nc1C(F)(F)F.CNC(=O)Nc1ncc(C(C)C)cn1.CNc1ccc(C(C)C)cn1.CNc1ncc(C(C)C)cn1.COc1ccc(C(C)C)cn1.Cc1cc(C(C)C)cnc1N.Cc1cc(C)c(C(C)C)cn1.Cc1ccc(C(C)C)cn1.Cc1cnc(C(C)C)cn1.Cc1nc(N)ccc1C(C)C.Cc1nc(N)ccc1C(C)C.Cc1nc(N)ncc1C(C)C. The summed E-state index contributed by atoms with van der Waals surface area (Å²) in [7, 11) is 6.84. The van der Waals surface area contributed by atoms with Crippen molar-refractivity contribution in [1.82, 2.24) is 100 Å². The minimum Gasteiger partial charge on any atom is -0.481 e. The van der Waals surface area contributed by atoms with Gasteiger partial charge in [0.15, 0.2) is 5.69 Å². The first-order valence-electron chi connectivity index (χ1n) is 50.3. The molecule has 0 fully saturated rings.